The third-order valence-electron chi connectivity index (χ3n) is 5.33. The minimum atomic E-state index is -0.00811. The molecule has 0 unspecified atom stereocenters. The highest BCUT2D eigenvalue weighted by molar-refractivity contribution is 9.10. The molecule has 0 saturated heterocycles. The highest BCUT2D eigenvalue weighted by Gasteiger charge is 2.21. The van der Waals surface area contributed by atoms with Crippen molar-refractivity contribution in [2.24, 2.45) is 0 Å². The smallest absolute Gasteiger partial charge is 0.233 e. The van der Waals surface area contributed by atoms with Gasteiger partial charge < -0.3 is 0 Å². The fraction of sp³-hybridized carbons (Fsp3) is 0.0741. The molecule has 0 aliphatic carbocycles. The number of anilines is 1. The van der Waals surface area contributed by atoms with Crippen molar-refractivity contribution in [1.29, 1.82) is 0 Å². The zero-order chi connectivity index (χ0) is 22.6. The van der Waals surface area contributed by atoms with E-state index in [2.05, 4.69) is 45.2 Å². The Labute approximate surface area is 204 Å². The summed E-state index contributed by atoms with van der Waals surface area (Å²) in [6.45, 7) is 0.378. The van der Waals surface area contributed by atoms with Crippen molar-refractivity contribution < 1.29 is 4.79 Å². The van der Waals surface area contributed by atoms with Crippen molar-refractivity contribution in [2.75, 3.05) is 4.90 Å². The molecule has 0 aliphatic rings. The summed E-state index contributed by atoms with van der Waals surface area (Å²) >= 11 is 5.03. The van der Waals surface area contributed by atoms with E-state index in [4.69, 9.17) is 4.98 Å². The molecule has 0 aliphatic heterocycles. The van der Waals surface area contributed by atoms with Crippen LogP contribution in [0.1, 0.15) is 11.3 Å². The van der Waals surface area contributed by atoms with Gasteiger partial charge in [0, 0.05) is 10.7 Å². The van der Waals surface area contributed by atoms with Crippen LogP contribution in [0.4, 0.5) is 5.13 Å². The molecule has 5 aromatic rings. The Kier molecular flexibility index (Phi) is 6.28. The molecule has 6 heteroatoms. The third kappa shape index (κ3) is 5.02. The number of hydrogen-bond acceptors (Lipinski definition) is 4. The van der Waals surface area contributed by atoms with E-state index in [1.54, 1.807) is 11.1 Å². The van der Waals surface area contributed by atoms with E-state index in [0.717, 1.165) is 37.1 Å². The number of halogens is 1. The fourth-order valence-corrected chi connectivity index (χ4v) is 5.17. The molecular formula is C27H20BrN3OS. The van der Waals surface area contributed by atoms with E-state index in [1.807, 2.05) is 66.7 Å². The summed E-state index contributed by atoms with van der Waals surface area (Å²) in [6.07, 6.45) is 2.04. The minimum absolute atomic E-state index is 0.00811. The number of nitrogens with zero attached hydrogens (tertiary/aromatic N) is 3. The maximum Gasteiger partial charge on any atom is 0.233 e. The van der Waals surface area contributed by atoms with Crippen LogP contribution < -0.4 is 4.90 Å². The SMILES string of the molecule is O=C(Cc1ccc(-c2ccccc2)cc1)N(Cc1ccccn1)c1nc2ccc(Br)cc2s1. The number of amides is 1. The number of benzene rings is 3. The van der Waals surface area contributed by atoms with Crippen LogP contribution in [-0.2, 0) is 17.8 Å². The van der Waals surface area contributed by atoms with Gasteiger partial charge in [-0.15, -0.1) is 0 Å². The van der Waals surface area contributed by atoms with Crippen molar-refractivity contribution >= 4 is 48.5 Å². The van der Waals surface area contributed by atoms with E-state index < -0.39 is 0 Å². The number of rotatable bonds is 6. The average Bonchev–Trinajstić information content (AvgIpc) is 3.27. The van der Waals surface area contributed by atoms with E-state index in [1.165, 1.54) is 11.3 Å². The maximum atomic E-state index is 13.5. The van der Waals surface area contributed by atoms with Gasteiger partial charge in [0.05, 0.1) is 28.9 Å². The molecule has 5 rings (SSSR count). The Hall–Kier alpha value is -3.35. The Morgan fingerprint density at radius 1 is 0.879 bits per heavy atom. The molecule has 0 spiro atoms. The number of thiazole rings is 1. The molecule has 2 heterocycles. The van der Waals surface area contributed by atoms with Gasteiger partial charge in [0.1, 0.15) is 0 Å². The molecule has 0 bridgehead atoms. The first-order valence-corrected chi connectivity index (χ1v) is 12.2. The standard InChI is InChI=1S/C27H20BrN3OS/c28-22-13-14-24-25(17-22)33-27(30-24)31(18-23-8-4-5-15-29-23)26(32)16-19-9-11-21(12-10-19)20-6-2-1-3-7-20/h1-15,17H,16,18H2. The minimum Gasteiger partial charge on any atom is -0.282 e. The molecule has 0 atom stereocenters. The van der Waals surface area contributed by atoms with E-state index in [9.17, 15) is 4.79 Å². The quantitative estimate of drug-likeness (QED) is 0.248. The van der Waals surface area contributed by atoms with Gasteiger partial charge in [0.25, 0.3) is 0 Å². The average molecular weight is 514 g/mol. The molecule has 1 amide bonds. The molecule has 162 valence electrons. The van der Waals surface area contributed by atoms with Gasteiger partial charge in [-0.1, -0.05) is 87.9 Å². The largest absolute Gasteiger partial charge is 0.282 e. The van der Waals surface area contributed by atoms with Crippen LogP contribution in [0.5, 0.6) is 0 Å². The molecule has 0 N–H and O–H groups in total. The van der Waals surface area contributed by atoms with Gasteiger partial charge in [-0.3, -0.25) is 14.7 Å². The Balaban J connectivity index is 1.42. The fourth-order valence-electron chi connectivity index (χ4n) is 3.63. The highest BCUT2D eigenvalue weighted by Crippen LogP contribution is 2.32. The van der Waals surface area contributed by atoms with Gasteiger partial charge in [0.2, 0.25) is 5.91 Å². The van der Waals surface area contributed by atoms with Gasteiger partial charge in [-0.2, -0.15) is 0 Å². The molecular weight excluding hydrogens is 494 g/mol. The lowest BCUT2D eigenvalue weighted by atomic mass is 10.0. The van der Waals surface area contributed by atoms with E-state index >= 15 is 0 Å². The van der Waals surface area contributed by atoms with Crippen LogP contribution >= 0.6 is 27.3 Å². The summed E-state index contributed by atoms with van der Waals surface area (Å²) < 4.78 is 2.02. The molecule has 0 saturated carbocycles. The highest BCUT2D eigenvalue weighted by atomic mass is 79.9. The van der Waals surface area contributed by atoms with Crippen LogP contribution in [-0.4, -0.2) is 15.9 Å². The van der Waals surface area contributed by atoms with Crippen molar-refractivity contribution in [3.63, 3.8) is 0 Å². The molecule has 2 aromatic heterocycles. The first-order valence-electron chi connectivity index (χ1n) is 10.6. The number of hydrogen-bond donors (Lipinski definition) is 0. The summed E-state index contributed by atoms with van der Waals surface area (Å²) in [4.78, 5) is 24.4. The summed E-state index contributed by atoms with van der Waals surface area (Å²) in [7, 11) is 0. The number of carbonyl (C=O) groups excluding carboxylic acids is 1. The van der Waals surface area contributed by atoms with Gasteiger partial charge >= 0.3 is 0 Å². The topological polar surface area (TPSA) is 46.1 Å². The second-order valence-electron chi connectivity index (χ2n) is 7.65. The Bertz CT molecular complexity index is 1390. The zero-order valence-corrected chi connectivity index (χ0v) is 20.1. The van der Waals surface area contributed by atoms with Crippen LogP contribution in [0.2, 0.25) is 0 Å². The predicted octanol–water partition coefficient (Wildman–Crippen LogP) is 6.90. The lowest BCUT2D eigenvalue weighted by molar-refractivity contribution is -0.118. The molecule has 3 aromatic carbocycles. The number of carbonyl (C=O) groups is 1. The number of aromatic nitrogens is 2. The van der Waals surface area contributed by atoms with Crippen molar-refractivity contribution in [1.82, 2.24) is 9.97 Å². The van der Waals surface area contributed by atoms with Crippen molar-refractivity contribution in [2.45, 2.75) is 13.0 Å². The second-order valence-corrected chi connectivity index (χ2v) is 9.57. The number of fused-ring (bicyclic) bond motifs is 1. The predicted molar refractivity (Wildman–Crippen MR) is 138 cm³/mol. The van der Waals surface area contributed by atoms with Crippen LogP contribution in [0.3, 0.4) is 0 Å². The maximum absolute atomic E-state index is 13.5. The monoisotopic (exact) mass is 513 g/mol. The van der Waals surface area contributed by atoms with Gasteiger partial charge in [-0.25, -0.2) is 4.98 Å². The molecule has 4 nitrogen and oxygen atoms in total. The summed E-state index contributed by atoms with van der Waals surface area (Å²) in [5, 5.41) is 0.680. The van der Waals surface area contributed by atoms with Gasteiger partial charge in [0.15, 0.2) is 5.13 Å². The second kappa shape index (κ2) is 9.65. The summed E-state index contributed by atoms with van der Waals surface area (Å²) in [6, 6.07) is 30.1. The first kappa shape index (κ1) is 21.5. The zero-order valence-electron chi connectivity index (χ0n) is 17.7. The lowest BCUT2D eigenvalue weighted by Gasteiger charge is -2.19. The summed E-state index contributed by atoms with van der Waals surface area (Å²) in [5.41, 5.74) is 4.96. The summed E-state index contributed by atoms with van der Waals surface area (Å²) in [5.74, 6) is -0.00811. The van der Waals surface area contributed by atoms with Crippen LogP contribution in [0.15, 0.2) is 102 Å². The molecule has 33 heavy (non-hydrogen) atoms. The molecule has 0 radical (unpaired) electrons. The lowest BCUT2D eigenvalue weighted by Crippen LogP contribution is -2.32. The first-order chi connectivity index (χ1) is 16.2. The van der Waals surface area contributed by atoms with Crippen LogP contribution in [0, 0.1) is 0 Å². The van der Waals surface area contributed by atoms with E-state index in [-0.39, 0.29) is 5.91 Å². The molecule has 0 fully saturated rings. The Morgan fingerprint density at radius 2 is 1.64 bits per heavy atom. The van der Waals surface area contributed by atoms with Crippen molar-refractivity contribution in [3.8, 4) is 11.1 Å². The number of pyridine rings is 1. The van der Waals surface area contributed by atoms with Crippen molar-refractivity contribution in [3.05, 3.63) is 113 Å². The third-order valence-corrected chi connectivity index (χ3v) is 6.87. The Morgan fingerprint density at radius 3 is 2.39 bits per heavy atom. The van der Waals surface area contributed by atoms with Crippen LogP contribution in [0.25, 0.3) is 21.3 Å². The van der Waals surface area contributed by atoms with Gasteiger partial charge in [-0.05, 0) is 47.0 Å². The van der Waals surface area contributed by atoms with E-state index in [0.29, 0.717) is 18.1 Å². The normalized spacial score (nSPS) is 10.9.